The molecule has 1 aliphatic carbocycles. The molecule has 0 spiro atoms. The average molecular weight is 341 g/mol. The van der Waals surface area contributed by atoms with Crippen molar-refractivity contribution >= 4 is 11.8 Å². The first-order valence-corrected chi connectivity index (χ1v) is 9.06. The summed E-state index contributed by atoms with van der Waals surface area (Å²) < 4.78 is 0. The van der Waals surface area contributed by atoms with Gasteiger partial charge in [-0.05, 0) is 43.9 Å². The van der Waals surface area contributed by atoms with E-state index in [-0.39, 0.29) is 23.8 Å². The smallest absolute Gasteiger partial charge is 0.242 e. The summed E-state index contributed by atoms with van der Waals surface area (Å²) in [6, 6.07) is -0.605. The van der Waals surface area contributed by atoms with Gasteiger partial charge in [0, 0.05) is 12.0 Å². The van der Waals surface area contributed by atoms with Gasteiger partial charge in [0.25, 0.3) is 0 Å². The van der Waals surface area contributed by atoms with E-state index in [1.807, 2.05) is 20.8 Å². The van der Waals surface area contributed by atoms with Crippen LogP contribution in [0.5, 0.6) is 0 Å². The van der Waals surface area contributed by atoms with Crippen LogP contribution < -0.4 is 10.6 Å². The van der Waals surface area contributed by atoms with Crippen LogP contribution in [0, 0.1) is 16.7 Å². The van der Waals surface area contributed by atoms with Crippen molar-refractivity contribution in [3.8, 4) is 0 Å². The molecule has 0 radical (unpaired) electrons. The Labute approximate surface area is 147 Å². The third kappa shape index (κ3) is 6.08. The molecular formula is C19H36N2O3. The quantitative estimate of drug-likeness (QED) is 0.736. The predicted octanol–water partition coefficient (Wildman–Crippen LogP) is 2.62. The summed E-state index contributed by atoms with van der Waals surface area (Å²) in [5, 5.41) is 16.2. The van der Waals surface area contributed by atoms with Gasteiger partial charge in [-0.1, -0.05) is 41.5 Å². The minimum Gasteiger partial charge on any atom is -0.388 e. The Morgan fingerprint density at radius 2 is 1.62 bits per heavy atom. The number of rotatable bonds is 4. The molecule has 1 aliphatic rings. The van der Waals surface area contributed by atoms with Gasteiger partial charge >= 0.3 is 0 Å². The number of nitrogens with one attached hydrogen (secondary N) is 2. The maximum Gasteiger partial charge on any atom is 0.242 e. The highest BCUT2D eigenvalue weighted by Gasteiger charge is 2.37. The van der Waals surface area contributed by atoms with Crippen molar-refractivity contribution in [2.45, 2.75) is 85.8 Å². The van der Waals surface area contributed by atoms with Gasteiger partial charge in [-0.2, -0.15) is 0 Å². The first kappa shape index (κ1) is 20.9. The highest BCUT2D eigenvalue weighted by Crippen LogP contribution is 2.41. The molecule has 1 rings (SSSR count). The van der Waals surface area contributed by atoms with Crippen LogP contribution in [-0.2, 0) is 9.59 Å². The zero-order valence-electron chi connectivity index (χ0n) is 16.5. The van der Waals surface area contributed by atoms with Crippen LogP contribution >= 0.6 is 0 Å². The third-order valence-electron chi connectivity index (χ3n) is 5.15. The van der Waals surface area contributed by atoms with Gasteiger partial charge in [0.1, 0.15) is 6.04 Å². The maximum atomic E-state index is 12.2. The van der Waals surface area contributed by atoms with E-state index in [1.165, 1.54) is 0 Å². The Bertz CT molecular complexity index is 452. The number of carbonyl (C=O) groups is 2. The second-order valence-electron chi connectivity index (χ2n) is 9.53. The molecule has 0 aromatic heterocycles. The molecule has 0 aliphatic heterocycles. The molecule has 140 valence electrons. The summed E-state index contributed by atoms with van der Waals surface area (Å²) in [6.07, 6.45) is 3.37. The van der Waals surface area contributed by atoms with Crippen LogP contribution in [0.2, 0.25) is 0 Å². The van der Waals surface area contributed by atoms with Crippen LogP contribution in [0.3, 0.4) is 0 Å². The Kier molecular flexibility index (Phi) is 6.48. The Balaban J connectivity index is 2.45. The molecule has 0 aromatic carbocycles. The van der Waals surface area contributed by atoms with Gasteiger partial charge in [0.05, 0.1) is 5.60 Å². The lowest BCUT2D eigenvalue weighted by molar-refractivity contribution is -0.133. The summed E-state index contributed by atoms with van der Waals surface area (Å²) in [5.74, 6) is 0.201. The van der Waals surface area contributed by atoms with Crippen molar-refractivity contribution in [1.29, 1.82) is 0 Å². The Hall–Kier alpha value is -1.10. The van der Waals surface area contributed by atoms with E-state index in [0.29, 0.717) is 18.8 Å². The second-order valence-corrected chi connectivity index (χ2v) is 9.53. The molecule has 1 unspecified atom stereocenters. The SMILES string of the molecule is CC(NC(=O)C(C)(C)C)C(=O)NCC1(O)CCC(C(C)(C)C)CC1. The normalized spacial score (nSPS) is 26.6. The first-order valence-electron chi connectivity index (χ1n) is 9.06. The zero-order valence-corrected chi connectivity index (χ0v) is 16.5. The van der Waals surface area contributed by atoms with Crippen LogP contribution in [0.1, 0.15) is 74.1 Å². The fraction of sp³-hybridized carbons (Fsp3) is 0.895. The highest BCUT2D eigenvalue weighted by molar-refractivity contribution is 5.89. The number of carbonyl (C=O) groups excluding carboxylic acids is 2. The molecule has 3 N–H and O–H groups in total. The number of hydrogen-bond acceptors (Lipinski definition) is 3. The van der Waals surface area contributed by atoms with E-state index in [1.54, 1.807) is 6.92 Å². The minimum atomic E-state index is -0.828. The number of hydrogen-bond donors (Lipinski definition) is 3. The topological polar surface area (TPSA) is 78.4 Å². The Morgan fingerprint density at radius 3 is 2.04 bits per heavy atom. The van der Waals surface area contributed by atoms with Crippen molar-refractivity contribution in [3.63, 3.8) is 0 Å². The largest absolute Gasteiger partial charge is 0.388 e. The van der Waals surface area contributed by atoms with E-state index in [4.69, 9.17) is 0 Å². The molecule has 1 atom stereocenters. The monoisotopic (exact) mass is 340 g/mol. The van der Waals surface area contributed by atoms with Crippen molar-refractivity contribution in [2.75, 3.05) is 6.54 Å². The predicted molar refractivity (Wildman–Crippen MR) is 96.4 cm³/mol. The maximum absolute atomic E-state index is 12.2. The van der Waals surface area contributed by atoms with Crippen molar-refractivity contribution in [3.05, 3.63) is 0 Å². The van der Waals surface area contributed by atoms with Gasteiger partial charge in [-0.15, -0.1) is 0 Å². The highest BCUT2D eigenvalue weighted by atomic mass is 16.3. The standard InChI is InChI=1S/C19H36N2O3/c1-13(21-16(23)18(5,6)7)15(22)20-12-19(24)10-8-14(9-11-19)17(2,3)4/h13-14,24H,8-12H2,1-7H3,(H,20,22)(H,21,23). The van der Waals surface area contributed by atoms with Gasteiger partial charge in [0.15, 0.2) is 0 Å². The van der Waals surface area contributed by atoms with Crippen LogP contribution in [0.4, 0.5) is 0 Å². The average Bonchev–Trinajstić information content (AvgIpc) is 2.43. The van der Waals surface area contributed by atoms with Gasteiger partial charge in [0.2, 0.25) is 11.8 Å². The minimum absolute atomic E-state index is 0.158. The lowest BCUT2D eigenvalue weighted by atomic mass is 9.68. The van der Waals surface area contributed by atoms with Gasteiger partial charge < -0.3 is 15.7 Å². The lowest BCUT2D eigenvalue weighted by Gasteiger charge is -2.41. The van der Waals surface area contributed by atoms with Gasteiger partial charge in [-0.25, -0.2) is 0 Å². The molecule has 0 bridgehead atoms. The molecule has 0 aromatic rings. The fourth-order valence-corrected chi connectivity index (χ4v) is 3.08. The second kappa shape index (κ2) is 7.42. The summed E-state index contributed by atoms with van der Waals surface area (Å²) in [4.78, 5) is 24.1. The van der Waals surface area contributed by atoms with Gasteiger partial charge in [-0.3, -0.25) is 9.59 Å². The van der Waals surface area contributed by atoms with Crippen LogP contribution in [-0.4, -0.2) is 35.1 Å². The molecule has 0 heterocycles. The lowest BCUT2D eigenvalue weighted by Crippen LogP contribution is -2.52. The first-order chi connectivity index (χ1) is 10.7. The van der Waals surface area contributed by atoms with Crippen molar-refractivity contribution in [1.82, 2.24) is 10.6 Å². The molecule has 1 fully saturated rings. The summed E-state index contributed by atoms with van der Waals surface area (Å²) >= 11 is 0. The molecule has 2 amide bonds. The van der Waals surface area contributed by atoms with Crippen molar-refractivity contribution < 1.29 is 14.7 Å². The van der Waals surface area contributed by atoms with Crippen LogP contribution in [0.25, 0.3) is 0 Å². The summed E-state index contributed by atoms with van der Waals surface area (Å²) in [5.41, 5.74) is -1.10. The molecule has 0 saturated heterocycles. The molecule has 5 heteroatoms. The molecular weight excluding hydrogens is 304 g/mol. The number of aliphatic hydroxyl groups is 1. The van der Waals surface area contributed by atoms with Crippen LogP contribution in [0.15, 0.2) is 0 Å². The molecule has 24 heavy (non-hydrogen) atoms. The van der Waals surface area contributed by atoms with E-state index < -0.39 is 17.1 Å². The zero-order chi connectivity index (χ0) is 18.8. The summed E-state index contributed by atoms with van der Waals surface area (Å²) in [6.45, 7) is 14.1. The van der Waals surface area contributed by atoms with E-state index in [0.717, 1.165) is 12.8 Å². The Morgan fingerprint density at radius 1 is 1.12 bits per heavy atom. The molecule has 5 nitrogen and oxygen atoms in total. The molecule has 1 saturated carbocycles. The van der Waals surface area contributed by atoms with E-state index in [9.17, 15) is 14.7 Å². The van der Waals surface area contributed by atoms with Crippen molar-refractivity contribution in [2.24, 2.45) is 16.7 Å². The third-order valence-corrected chi connectivity index (χ3v) is 5.15. The summed E-state index contributed by atoms with van der Waals surface area (Å²) in [7, 11) is 0. The van der Waals surface area contributed by atoms with E-state index >= 15 is 0 Å². The van der Waals surface area contributed by atoms with E-state index in [2.05, 4.69) is 31.4 Å². The fourth-order valence-electron chi connectivity index (χ4n) is 3.08. The number of amides is 2.